The normalized spacial score (nSPS) is 32.7. The average molecular weight is 470 g/mol. The van der Waals surface area contributed by atoms with E-state index in [2.05, 4.69) is 10.3 Å². The van der Waals surface area contributed by atoms with E-state index in [4.69, 9.17) is 15.2 Å². The molecule has 11 nitrogen and oxygen atoms in total. The molecule has 2 saturated heterocycles. The summed E-state index contributed by atoms with van der Waals surface area (Å²) in [6.45, 7) is 2.09. The van der Waals surface area contributed by atoms with Crippen molar-refractivity contribution in [2.24, 2.45) is 22.6 Å². The van der Waals surface area contributed by atoms with Crippen LogP contribution in [0.5, 0.6) is 11.5 Å². The Morgan fingerprint density at radius 3 is 2.79 bits per heavy atom. The number of phenols is 1. The molecule has 2 fully saturated rings. The number of aliphatic imine (C=N–C) groups is 1. The van der Waals surface area contributed by atoms with Crippen LogP contribution in [0.4, 0.5) is 4.79 Å². The van der Waals surface area contributed by atoms with Crippen molar-refractivity contribution in [1.82, 2.24) is 10.2 Å². The number of piperazine rings is 1. The van der Waals surface area contributed by atoms with Crippen molar-refractivity contribution < 1.29 is 34.1 Å². The molecular formula is C23H26N4O7. The molecule has 1 aromatic carbocycles. The van der Waals surface area contributed by atoms with Crippen LogP contribution in [0.15, 0.2) is 34.5 Å². The van der Waals surface area contributed by atoms with Crippen LogP contribution in [-0.4, -0.2) is 83.1 Å². The second kappa shape index (κ2) is 7.90. The van der Waals surface area contributed by atoms with Gasteiger partial charge in [0.05, 0.1) is 35.9 Å². The van der Waals surface area contributed by atoms with Crippen molar-refractivity contribution in [1.29, 1.82) is 0 Å². The van der Waals surface area contributed by atoms with Gasteiger partial charge < -0.3 is 35.6 Å². The first-order chi connectivity index (χ1) is 16.2. The lowest BCUT2D eigenvalue weighted by Crippen LogP contribution is -2.54. The molecular weight excluding hydrogens is 444 g/mol. The molecule has 1 amide bonds. The van der Waals surface area contributed by atoms with Crippen LogP contribution < -0.4 is 15.8 Å². The second-order valence-corrected chi connectivity index (χ2v) is 8.97. The van der Waals surface area contributed by atoms with Gasteiger partial charge in [0.15, 0.2) is 23.0 Å². The van der Waals surface area contributed by atoms with E-state index in [-0.39, 0.29) is 59.6 Å². The Balaban J connectivity index is 1.39. The van der Waals surface area contributed by atoms with E-state index in [1.54, 1.807) is 20.1 Å². The van der Waals surface area contributed by atoms with Crippen molar-refractivity contribution in [2.45, 2.75) is 31.2 Å². The fourth-order valence-corrected chi connectivity index (χ4v) is 5.66. The van der Waals surface area contributed by atoms with Crippen LogP contribution in [0, 0.1) is 11.8 Å². The Labute approximate surface area is 195 Å². The van der Waals surface area contributed by atoms with E-state index in [1.807, 2.05) is 4.90 Å². The molecule has 34 heavy (non-hydrogen) atoms. The number of ether oxygens (including phenoxy) is 2. The molecule has 0 saturated carbocycles. The maximum Gasteiger partial charge on any atom is 0.410 e. The highest BCUT2D eigenvalue weighted by atomic mass is 16.6. The van der Waals surface area contributed by atoms with Crippen molar-refractivity contribution in [2.75, 3.05) is 26.8 Å². The molecule has 11 heteroatoms. The van der Waals surface area contributed by atoms with Crippen LogP contribution in [0.3, 0.4) is 0 Å². The number of hydrogen-bond acceptors (Lipinski definition) is 10. The van der Waals surface area contributed by atoms with Gasteiger partial charge in [-0.25, -0.2) is 4.79 Å². The zero-order valence-corrected chi connectivity index (χ0v) is 18.8. The van der Waals surface area contributed by atoms with E-state index in [0.29, 0.717) is 24.2 Å². The number of fused-ring (bicyclic) bond motifs is 4. The van der Waals surface area contributed by atoms with Gasteiger partial charge in [-0.2, -0.15) is 0 Å². The Kier molecular flexibility index (Phi) is 5.23. The van der Waals surface area contributed by atoms with Crippen molar-refractivity contribution in [3.63, 3.8) is 0 Å². The number of carbonyl (C=O) groups excluding carboxylic acids is 3. The summed E-state index contributed by atoms with van der Waals surface area (Å²) in [4.78, 5) is 44.1. The number of hydrogen-bond donors (Lipinski definition) is 4. The monoisotopic (exact) mass is 470 g/mol. The number of primary amides is 1. The summed E-state index contributed by atoms with van der Waals surface area (Å²) < 4.78 is 10.6. The summed E-state index contributed by atoms with van der Waals surface area (Å²) >= 11 is 0. The number of phenolic OH excluding ortho intramolecular Hbond substituents is 1. The molecule has 0 aromatic heterocycles. The number of benzene rings is 1. The minimum atomic E-state index is -1.03. The predicted molar refractivity (Wildman–Crippen MR) is 118 cm³/mol. The lowest BCUT2D eigenvalue weighted by atomic mass is 9.78. The number of nitrogens with two attached hydrogens (primary N) is 1. The highest BCUT2D eigenvalue weighted by Crippen LogP contribution is 2.55. The van der Waals surface area contributed by atoms with Gasteiger partial charge in [0.1, 0.15) is 0 Å². The molecule has 3 aliphatic heterocycles. The standard InChI is InChI=1S/C23H26N4O7/c1-10-17(25-6-5-11-3-4-15(14(29)7-11)34-22(24)32)20(31)16-12(9-28)23(33-2)21-13(26-21)8-27(23)18(16)19(10)30/h3-4,7,10,12-13,21,26,28-29H,5-6,8-9H2,1-2H3,(H2,24,32). The van der Waals surface area contributed by atoms with E-state index >= 15 is 0 Å². The molecule has 1 aromatic rings. The van der Waals surface area contributed by atoms with Gasteiger partial charge >= 0.3 is 6.09 Å². The molecule has 5 atom stereocenters. The lowest BCUT2D eigenvalue weighted by Gasteiger charge is -2.39. The Morgan fingerprint density at radius 1 is 1.38 bits per heavy atom. The average Bonchev–Trinajstić information content (AvgIpc) is 3.41. The van der Waals surface area contributed by atoms with Crippen molar-refractivity contribution in [3.05, 3.63) is 35.0 Å². The van der Waals surface area contributed by atoms with Gasteiger partial charge in [-0.1, -0.05) is 6.07 Å². The number of aromatic hydroxyl groups is 1. The van der Waals surface area contributed by atoms with Gasteiger partial charge in [-0.3, -0.25) is 14.6 Å². The van der Waals surface area contributed by atoms with E-state index < -0.39 is 23.7 Å². The van der Waals surface area contributed by atoms with Gasteiger partial charge in [-0.05, 0) is 31.0 Å². The fraction of sp³-hybridized carbons (Fsp3) is 0.478. The smallest absolute Gasteiger partial charge is 0.410 e. The van der Waals surface area contributed by atoms with E-state index in [1.165, 1.54) is 12.1 Å². The third kappa shape index (κ3) is 3.07. The second-order valence-electron chi connectivity index (χ2n) is 8.97. The number of amides is 1. The van der Waals surface area contributed by atoms with Gasteiger partial charge in [0.25, 0.3) is 0 Å². The SMILES string of the molecule is COC12C(CO)C3=C(C(=O)C(C)C(=NCCc4ccc(OC(N)=O)c(O)c4)C3=O)N1CC1NC12. The van der Waals surface area contributed by atoms with Gasteiger partial charge in [0, 0.05) is 31.8 Å². The van der Waals surface area contributed by atoms with E-state index in [0.717, 1.165) is 0 Å². The summed E-state index contributed by atoms with van der Waals surface area (Å²) in [5.74, 6) is -2.20. The summed E-state index contributed by atoms with van der Waals surface area (Å²) in [6.07, 6.45) is -0.659. The Bertz CT molecular complexity index is 1160. The Morgan fingerprint density at radius 2 is 2.15 bits per heavy atom. The third-order valence-corrected chi connectivity index (χ3v) is 7.25. The molecule has 180 valence electrons. The summed E-state index contributed by atoms with van der Waals surface area (Å²) in [7, 11) is 1.54. The van der Waals surface area contributed by atoms with Crippen LogP contribution in [0.25, 0.3) is 0 Å². The first-order valence-electron chi connectivity index (χ1n) is 11.1. The molecule has 1 aliphatic carbocycles. The van der Waals surface area contributed by atoms with Crippen LogP contribution >= 0.6 is 0 Å². The minimum Gasteiger partial charge on any atom is -0.504 e. The zero-order valence-electron chi connectivity index (χ0n) is 18.8. The van der Waals surface area contributed by atoms with Crippen molar-refractivity contribution >= 4 is 23.4 Å². The molecule has 5 N–H and O–H groups in total. The molecule has 4 aliphatic rings. The highest BCUT2D eigenvalue weighted by molar-refractivity contribution is 6.53. The molecule has 0 spiro atoms. The zero-order chi connectivity index (χ0) is 24.4. The molecule has 5 unspecified atom stereocenters. The lowest BCUT2D eigenvalue weighted by molar-refractivity contribution is -0.138. The number of carbonyl (C=O) groups is 3. The van der Waals surface area contributed by atoms with Crippen molar-refractivity contribution in [3.8, 4) is 11.5 Å². The highest BCUT2D eigenvalue weighted by Gasteiger charge is 2.72. The number of nitrogens with one attached hydrogen (secondary N) is 1. The number of ketones is 2. The quantitative estimate of drug-likeness (QED) is 0.399. The van der Waals surface area contributed by atoms with Crippen LogP contribution in [-0.2, 0) is 20.7 Å². The van der Waals surface area contributed by atoms with Gasteiger partial charge in [-0.15, -0.1) is 0 Å². The van der Waals surface area contributed by atoms with E-state index in [9.17, 15) is 24.6 Å². The third-order valence-electron chi connectivity index (χ3n) is 7.25. The van der Waals surface area contributed by atoms with Gasteiger partial charge in [0.2, 0.25) is 5.78 Å². The number of Topliss-reactive ketones (excluding diaryl/α,β-unsaturated/α-hetero) is 2. The molecule has 0 bridgehead atoms. The Hall–Kier alpha value is -3.28. The van der Waals surface area contributed by atoms with Crippen LogP contribution in [0.2, 0.25) is 0 Å². The number of nitrogens with zero attached hydrogens (tertiary/aromatic N) is 2. The molecule has 0 radical (unpaired) electrons. The molecule has 5 rings (SSSR count). The first-order valence-corrected chi connectivity index (χ1v) is 11.1. The minimum absolute atomic E-state index is 0.0502. The number of methoxy groups -OCH3 is 1. The topological polar surface area (TPSA) is 174 Å². The predicted octanol–water partition coefficient (Wildman–Crippen LogP) is -0.504. The summed E-state index contributed by atoms with van der Waals surface area (Å²) in [5.41, 5.74) is 5.50. The fourth-order valence-electron chi connectivity index (χ4n) is 5.66. The summed E-state index contributed by atoms with van der Waals surface area (Å²) in [6, 6.07) is 4.60. The first kappa shape index (κ1) is 22.5. The number of allylic oxidation sites excluding steroid dienone is 1. The van der Waals surface area contributed by atoms with Crippen LogP contribution in [0.1, 0.15) is 12.5 Å². The maximum atomic E-state index is 13.5. The number of aliphatic hydroxyl groups is 1. The summed E-state index contributed by atoms with van der Waals surface area (Å²) in [5, 5.41) is 23.5. The maximum absolute atomic E-state index is 13.5. The number of aliphatic hydroxyl groups excluding tert-OH is 1. The largest absolute Gasteiger partial charge is 0.504 e. The molecule has 3 heterocycles. The number of rotatable bonds is 6.